The molecule has 2 fully saturated rings. The van der Waals surface area contributed by atoms with E-state index in [0.717, 1.165) is 11.9 Å². The highest BCUT2D eigenvalue weighted by atomic mass is 35.5. The third-order valence-corrected chi connectivity index (χ3v) is 6.16. The number of anilines is 2. The summed E-state index contributed by atoms with van der Waals surface area (Å²) in [6, 6.07) is 8.46. The van der Waals surface area contributed by atoms with Gasteiger partial charge in [0.05, 0.1) is 16.6 Å². The van der Waals surface area contributed by atoms with E-state index >= 15 is 0 Å². The highest BCUT2D eigenvalue weighted by Gasteiger charge is 2.31. The SMILES string of the molecule is O=C1CCC(c2cccc(N3CCN(c4cccn(C(F)F)c4=O)CC3)c2Cl)C(=O)N1. The molecular formula is C21H21ClF2N4O3. The Balaban J connectivity index is 1.51. The van der Waals surface area contributed by atoms with Crippen molar-refractivity contribution in [3.63, 3.8) is 0 Å². The average molecular weight is 451 g/mol. The molecule has 7 nitrogen and oxygen atoms in total. The van der Waals surface area contributed by atoms with Crippen LogP contribution < -0.4 is 20.7 Å². The van der Waals surface area contributed by atoms with Gasteiger partial charge in [0.25, 0.3) is 5.56 Å². The first-order valence-corrected chi connectivity index (χ1v) is 10.4. The van der Waals surface area contributed by atoms with Crippen LogP contribution in [0.1, 0.15) is 30.9 Å². The number of rotatable bonds is 4. The standard InChI is InChI=1S/C21H21ClF2N4O3/c22-18-13(14-6-7-17(29)25-19(14)30)3-1-4-15(18)26-9-11-27(12-10-26)16-5-2-8-28(20(16)31)21(23)24/h1-5,8,14,21H,6-7,9-12H2,(H,25,29,30). The van der Waals surface area contributed by atoms with E-state index in [1.807, 2.05) is 17.0 Å². The molecule has 10 heteroatoms. The molecule has 1 aromatic carbocycles. The van der Waals surface area contributed by atoms with Gasteiger partial charge in [-0.05, 0) is 30.2 Å². The minimum absolute atomic E-state index is 0.242. The number of imide groups is 1. The average Bonchev–Trinajstić information content (AvgIpc) is 2.75. The molecule has 164 valence electrons. The summed E-state index contributed by atoms with van der Waals surface area (Å²) in [5.41, 5.74) is 0.964. The molecule has 2 amide bonds. The van der Waals surface area contributed by atoms with Gasteiger partial charge >= 0.3 is 6.55 Å². The lowest BCUT2D eigenvalue weighted by atomic mass is 9.90. The van der Waals surface area contributed by atoms with Gasteiger partial charge in [-0.15, -0.1) is 0 Å². The van der Waals surface area contributed by atoms with E-state index in [1.54, 1.807) is 17.0 Å². The number of pyridine rings is 1. The van der Waals surface area contributed by atoms with Gasteiger partial charge in [-0.25, -0.2) is 0 Å². The fourth-order valence-electron chi connectivity index (χ4n) is 4.12. The largest absolute Gasteiger partial charge is 0.367 e. The van der Waals surface area contributed by atoms with Crippen molar-refractivity contribution in [2.45, 2.75) is 25.3 Å². The summed E-state index contributed by atoms with van der Waals surface area (Å²) in [6.07, 6.45) is 1.75. The molecule has 2 aliphatic rings. The summed E-state index contributed by atoms with van der Waals surface area (Å²) >= 11 is 6.65. The molecule has 1 unspecified atom stereocenters. The monoisotopic (exact) mass is 450 g/mol. The molecule has 2 aromatic rings. The number of amides is 2. The van der Waals surface area contributed by atoms with E-state index in [-0.39, 0.29) is 23.9 Å². The van der Waals surface area contributed by atoms with Crippen molar-refractivity contribution in [3.05, 3.63) is 57.5 Å². The predicted octanol–water partition coefficient (Wildman–Crippen LogP) is 2.74. The summed E-state index contributed by atoms with van der Waals surface area (Å²) in [7, 11) is 0. The smallest absolute Gasteiger partial charge is 0.321 e. The number of piperidine rings is 1. The number of nitrogens with one attached hydrogen (secondary N) is 1. The Morgan fingerprint density at radius 1 is 0.968 bits per heavy atom. The van der Waals surface area contributed by atoms with Gasteiger partial charge in [0.1, 0.15) is 5.69 Å². The molecule has 1 atom stereocenters. The van der Waals surface area contributed by atoms with Crippen molar-refractivity contribution in [1.82, 2.24) is 9.88 Å². The molecule has 1 aromatic heterocycles. The van der Waals surface area contributed by atoms with Crippen molar-refractivity contribution in [1.29, 1.82) is 0 Å². The minimum Gasteiger partial charge on any atom is -0.367 e. The molecule has 0 saturated carbocycles. The molecule has 2 aliphatic heterocycles. The summed E-state index contributed by atoms with van der Waals surface area (Å²) in [5, 5.41) is 2.82. The highest BCUT2D eigenvalue weighted by molar-refractivity contribution is 6.34. The fourth-order valence-corrected chi connectivity index (χ4v) is 4.50. The summed E-state index contributed by atoms with van der Waals surface area (Å²) in [6.45, 7) is -0.908. The topological polar surface area (TPSA) is 74.7 Å². The summed E-state index contributed by atoms with van der Waals surface area (Å²) in [5.74, 6) is -1.11. The summed E-state index contributed by atoms with van der Waals surface area (Å²) < 4.78 is 26.5. The van der Waals surface area contributed by atoms with Crippen LogP contribution in [0.4, 0.5) is 20.2 Å². The Labute approximate surface area is 182 Å². The van der Waals surface area contributed by atoms with E-state index in [0.29, 0.717) is 47.8 Å². The van der Waals surface area contributed by atoms with Crippen molar-refractivity contribution in [3.8, 4) is 0 Å². The van der Waals surface area contributed by atoms with Gasteiger partial charge in [0, 0.05) is 38.8 Å². The maximum Gasteiger partial charge on any atom is 0.321 e. The van der Waals surface area contributed by atoms with Crippen molar-refractivity contribution >= 4 is 34.8 Å². The van der Waals surface area contributed by atoms with Crippen molar-refractivity contribution in [2.75, 3.05) is 36.0 Å². The molecule has 0 spiro atoms. The lowest BCUT2D eigenvalue weighted by molar-refractivity contribution is -0.134. The van der Waals surface area contributed by atoms with Crippen molar-refractivity contribution in [2.24, 2.45) is 0 Å². The second kappa shape index (κ2) is 8.66. The van der Waals surface area contributed by atoms with Crippen LogP contribution in [-0.2, 0) is 9.59 Å². The third-order valence-electron chi connectivity index (χ3n) is 5.75. The normalized spacial score (nSPS) is 19.7. The molecule has 31 heavy (non-hydrogen) atoms. The Hall–Kier alpha value is -2.94. The number of aromatic nitrogens is 1. The van der Waals surface area contributed by atoms with E-state index in [1.165, 1.54) is 6.07 Å². The van der Waals surface area contributed by atoms with Crippen molar-refractivity contribution < 1.29 is 18.4 Å². The predicted molar refractivity (Wildman–Crippen MR) is 113 cm³/mol. The van der Waals surface area contributed by atoms with Crippen LogP contribution in [0.5, 0.6) is 0 Å². The van der Waals surface area contributed by atoms with E-state index < -0.39 is 18.0 Å². The molecule has 0 radical (unpaired) electrons. The fraction of sp³-hybridized carbons (Fsp3) is 0.381. The Morgan fingerprint density at radius 2 is 1.61 bits per heavy atom. The van der Waals surface area contributed by atoms with Gasteiger partial charge in [0.15, 0.2) is 0 Å². The zero-order valence-corrected chi connectivity index (χ0v) is 17.3. The molecular weight excluding hydrogens is 430 g/mol. The van der Waals surface area contributed by atoms with Crippen LogP contribution >= 0.6 is 11.6 Å². The van der Waals surface area contributed by atoms with E-state index in [2.05, 4.69) is 5.32 Å². The lowest BCUT2D eigenvalue weighted by Gasteiger charge is -2.38. The number of carbonyl (C=O) groups is 2. The number of halogens is 3. The molecule has 2 saturated heterocycles. The van der Waals surface area contributed by atoms with Crippen LogP contribution in [-0.4, -0.2) is 42.6 Å². The van der Waals surface area contributed by atoms with Crippen LogP contribution in [0.3, 0.4) is 0 Å². The lowest BCUT2D eigenvalue weighted by Crippen LogP contribution is -2.48. The van der Waals surface area contributed by atoms with Crippen LogP contribution in [0.2, 0.25) is 5.02 Å². The molecule has 1 N–H and O–H groups in total. The molecule has 4 rings (SSSR count). The highest BCUT2D eigenvalue weighted by Crippen LogP contribution is 2.37. The van der Waals surface area contributed by atoms with E-state index in [4.69, 9.17) is 11.6 Å². The Kier molecular flexibility index (Phi) is 5.95. The molecule has 0 aliphatic carbocycles. The Morgan fingerprint density at radius 3 is 2.26 bits per heavy atom. The first kappa shape index (κ1) is 21.3. The van der Waals surface area contributed by atoms with E-state index in [9.17, 15) is 23.2 Å². The van der Waals surface area contributed by atoms with Gasteiger partial charge in [0.2, 0.25) is 11.8 Å². The van der Waals surface area contributed by atoms with Gasteiger partial charge in [-0.2, -0.15) is 8.78 Å². The second-order valence-corrected chi connectivity index (χ2v) is 7.92. The second-order valence-electron chi connectivity index (χ2n) is 7.54. The van der Waals surface area contributed by atoms with Crippen LogP contribution in [0.15, 0.2) is 41.3 Å². The first-order chi connectivity index (χ1) is 14.9. The number of piperazine rings is 1. The minimum atomic E-state index is -2.89. The zero-order chi connectivity index (χ0) is 22.1. The number of hydrogen-bond acceptors (Lipinski definition) is 5. The van der Waals surface area contributed by atoms with Crippen LogP contribution in [0, 0.1) is 0 Å². The molecule has 3 heterocycles. The number of benzene rings is 1. The number of alkyl halides is 2. The number of nitrogens with zero attached hydrogens (tertiary/aromatic N) is 3. The number of hydrogen-bond donors (Lipinski definition) is 1. The zero-order valence-electron chi connectivity index (χ0n) is 16.6. The van der Waals surface area contributed by atoms with Crippen LogP contribution in [0.25, 0.3) is 0 Å². The maximum atomic E-state index is 13.0. The van der Waals surface area contributed by atoms with Gasteiger partial charge in [-0.3, -0.25) is 24.3 Å². The van der Waals surface area contributed by atoms with Gasteiger partial charge in [-0.1, -0.05) is 23.7 Å². The molecule has 0 bridgehead atoms. The third kappa shape index (κ3) is 4.14. The maximum absolute atomic E-state index is 13.0. The number of carbonyl (C=O) groups excluding carboxylic acids is 2. The van der Waals surface area contributed by atoms with Gasteiger partial charge < -0.3 is 9.80 Å². The quantitative estimate of drug-likeness (QED) is 0.725. The first-order valence-electron chi connectivity index (χ1n) is 9.98. The summed E-state index contributed by atoms with van der Waals surface area (Å²) in [4.78, 5) is 39.9. The Bertz CT molecular complexity index is 1070.